The quantitative estimate of drug-likeness (QED) is 0.215. The van der Waals surface area contributed by atoms with E-state index < -0.39 is 29.4 Å². The molecule has 3 aromatic rings. The molecule has 0 bridgehead atoms. The van der Waals surface area contributed by atoms with E-state index in [1.807, 2.05) is 13.2 Å². The van der Waals surface area contributed by atoms with E-state index in [-0.39, 0.29) is 12.5 Å². The molecule has 0 aliphatic carbocycles. The Bertz CT molecular complexity index is 1480. The molecule has 14 heteroatoms. The third kappa shape index (κ3) is 6.80. The normalized spacial score (nSPS) is 18.5. The first kappa shape index (κ1) is 30.3. The predicted molar refractivity (Wildman–Crippen MR) is 156 cm³/mol. The van der Waals surface area contributed by atoms with E-state index in [4.69, 9.17) is 14.5 Å². The van der Waals surface area contributed by atoms with Gasteiger partial charge in [0.25, 0.3) is 0 Å². The summed E-state index contributed by atoms with van der Waals surface area (Å²) in [5, 5.41) is 24.5. The molecule has 0 radical (unpaired) electrons. The van der Waals surface area contributed by atoms with Crippen molar-refractivity contribution in [2.24, 2.45) is 12.2 Å². The molecule has 1 aliphatic rings. The largest absolute Gasteiger partial charge is 0.444 e. The van der Waals surface area contributed by atoms with Crippen LogP contribution in [-0.2, 0) is 16.5 Å². The van der Waals surface area contributed by atoms with Crippen LogP contribution in [0.15, 0.2) is 28.2 Å². The van der Waals surface area contributed by atoms with E-state index in [1.165, 1.54) is 0 Å². The summed E-state index contributed by atoms with van der Waals surface area (Å²) in [5.41, 5.74) is 1.65. The highest BCUT2D eigenvalue weighted by Gasteiger charge is 2.38. The summed E-state index contributed by atoms with van der Waals surface area (Å²) in [6.45, 7) is 12.7. The van der Waals surface area contributed by atoms with E-state index in [0.717, 1.165) is 11.1 Å². The van der Waals surface area contributed by atoms with Gasteiger partial charge in [0, 0.05) is 36.8 Å². The Kier molecular flexibility index (Phi) is 8.35. The molecular weight excluding hydrogens is 596 g/mol. The first-order chi connectivity index (χ1) is 19.1. The number of ether oxygens (including phenoxy) is 2. The third-order valence-electron chi connectivity index (χ3n) is 6.49. The number of aryl methyl sites for hydroxylation is 1. The van der Waals surface area contributed by atoms with Crippen LogP contribution in [-0.4, -0.2) is 76.2 Å². The Morgan fingerprint density at radius 2 is 1.78 bits per heavy atom. The highest BCUT2D eigenvalue weighted by atomic mass is 79.9. The van der Waals surface area contributed by atoms with Crippen LogP contribution in [0.4, 0.5) is 15.4 Å². The summed E-state index contributed by atoms with van der Waals surface area (Å²) < 4.78 is 15.0. The van der Waals surface area contributed by atoms with Crippen molar-refractivity contribution in [3.63, 3.8) is 0 Å². The Morgan fingerprint density at radius 3 is 2.37 bits per heavy atom. The van der Waals surface area contributed by atoms with Crippen molar-refractivity contribution < 1.29 is 24.3 Å². The second-order valence-corrected chi connectivity index (χ2v) is 12.9. The number of carbonyl (C=O) groups is 2. The van der Waals surface area contributed by atoms with Crippen molar-refractivity contribution in [2.45, 2.75) is 84.5 Å². The van der Waals surface area contributed by atoms with Crippen LogP contribution in [0.3, 0.4) is 0 Å². The molecule has 0 spiro atoms. The zero-order valence-corrected chi connectivity index (χ0v) is 26.2. The molecule has 1 aliphatic heterocycles. The molecule has 2 amide bonds. The molecule has 4 rings (SSSR count). The number of carbonyl (C=O) groups excluding carboxylic acids is 2. The number of fused-ring (bicyclic) bond motifs is 1. The highest BCUT2D eigenvalue weighted by Crippen LogP contribution is 2.39. The maximum Gasteiger partial charge on any atom is 0.413 e. The van der Waals surface area contributed by atoms with E-state index in [1.54, 1.807) is 75.0 Å². The Balaban J connectivity index is 1.82. The fourth-order valence-corrected chi connectivity index (χ4v) is 5.43. The summed E-state index contributed by atoms with van der Waals surface area (Å²) in [6, 6.07) is -0.436. The van der Waals surface area contributed by atoms with Gasteiger partial charge in [-0.15, -0.1) is 0 Å². The number of hydrogen-bond acceptors (Lipinski definition) is 9. The lowest BCUT2D eigenvalue weighted by Crippen LogP contribution is -2.51. The highest BCUT2D eigenvalue weighted by molar-refractivity contribution is 9.10. The smallest absolute Gasteiger partial charge is 0.413 e. The van der Waals surface area contributed by atoms with Gasteiger partial charge in [0.2, 0.25) is 0 Å². The van der Waals surface area contributed by atoms with Gasteiger partial charge in [0.05, 0.1) is 34.3 Å². The lowest BCUT2D eigenvalue weighted by molar-refractivity contribution is 0.0142. The lowest BCUT2D eigenvalue weighted by Gasteiger charge is -2.40. The van der Waals surface area contributed by atoms with Gasteiger partial charge in [-0.25, -0.2) is 14.6 Å². The van der Waals surface area contributed by atoms with E-state index in [2.05, 4.69) is 36.6 Å². The van der Waals surface area contributed by atoms with Gasteiger partial charge in [-0.05, 0) is 77.2 Å². The second kappa shape index (κ2) is 11.3. The van der Waals surface area contributed by atoms with Crippen molar-refractivity contribution in [3.8, 4) is 11.1 Å². The molecule has 1 fully saturated rings. The van der Waals surface area contributed by atoms with Crippen LogP contribution in [0.5, 0.6) is 0 Å². The number of aromatic nitrogens is 5. The zero-order chi connectivity index (χ0) is 30.3. The van der Waals surface area contributed by atoms with Gasteiger partial charge >= 0.3 is 12.2 Å². The molecule has 2 atom stereocenters. The fraction of sp³-hybridized carbons (Fsp3) is 0.556. The maximum atomic E-state index is 13.3. The summed E-state index contributed by atoms with van der Waals surface area (Å²) >= 11 is 3.67. The SMILES string of the molecule is C/C(=N\O)[C@@H]1CC[C@H](c2nc3c(-c4cnn(C)c4)cnn3c(NC(=O)OC(C)(C)C)c2Br)CN1C(=O)OC(C)(C)C. The van der Waals surface area contributed by atoms with E-state index in [0.29, 0.717) is 40.2 Å². The van der Waals surface area contributed by atoms with Crippen LogP contribution in [0.1, 0.15) is 72.9 Å². The second-order valence-electron chi connectivity index (χ2n) is 12.1. The maximum absolute atomic E-state index is 13.3. The minimum absolute atomic E-state index is 0.246. The van der Waals surface area contributed by atoms with Gasteiger partial charge < -0.3 is 14.7 Å². The van der Waals surface area contributed by atoms with Gasteiger partial charge in [-0.2, -0.15) is 14.7 Å². The van der Waals surface area contributed by atoms with Crippen molar-refractivity contribution in [1.82, 2.24) is 29.3 Å². The molecule has 0 aromatic carbocycles. The number of nitrogens with zero attached hydrogens (tertiary/aromatic N) is 7. The van der Waals surface area contributed by atoms with Crippen molar-refractivity contribution in [2.75, 3.05) is 11.9 Å². The average Bonchev–Trinajstić information content (AvgIpc) is 3.48. The van der Waals surface area contributed by atoms with Gasteiger partial charge in [0.1, 0.15) is 11.2 Å². The third-order valence-corrected chi connectivity index (χ3v) is 7.27. The van der Waals surface area contributed by atoms with Crippen LogP contribution in [0.25, 0.3) is 16.8 Å². The fourth-order valence-electron chi connectivity index (χ4n) is 4.75. The minimum atomic E-state index is -0.713. The average molecular weight is 634 g/mol. The van der Waals surface area contributed by atoms with Crippen LogP contribution in [0.2, 0.25) is 0 Å². The summed E-state index contributed by atoms with van der Waals surface area (Å²) in [6.07, 6.45) is 5.22. The number of halogens is 1. The monoisotopic (exact) mass is 632 g/mol. The lowest BCUT2D eigenvalue weighted by atomic mass is 9.88. The number of likely N-dealkylation sites (tertiary alicyclic amines) is 1. The molecule has 41 heavy (non-hydrogen) atoms. The zero-order valence-electron chi connectivity index (χ0n) is 24.6. The molecule has 0 unspecified atom stereocenters. The van der Waals surface area contributed by atoms with Crippen LogP contribution in [0, 0.1) is 0 Å². The number of anilines is 1. The summed E-state index contributed by atoms with van der Waals surface area (Å²) in [7, 11) is 1.82. The van der Waals surface area contributed by atoms with Crippen molar-refractivity contribution in [1.29, 1.82) is 0 Å². The van der Waals surface area contributed by atoms with Gasteiger partial charge in [0.15, 0.2) is 11.5 Å². The standard InChI is InChI=1S/C27H37BrN8O5/c1-15(33-39)19-10-9-16(14-35(19)25(38)41-27(5,6)7)21-20(28)23(32-24(37)40-26(2,3)4)36-22(31-21)18(12-30-36)17-11-29-34(8)13-17/h11-13,16,19,39H,9-10,14H2,1-8H3,(H,32,37)/b33-15+/t16-,19-/m0/s1. The first-order valence-electron chi connectivity index (χ1n) is 13.3. The van der Waals surface area contributed by atoms with Crippen molar-refractivity contribution in [3.05, 3.63) is 28.8 Å². The first-order valence-corrected chi connectivity index (χ1v) is 14.1. The molecule has 4 heterocycles. The molecule has 222 valence electrons. The number of amides is 2. The number of piperidine rings is 1. The molecule has 13 nitrogen and oxygen atoms in total. The molecule has 1 saturated heterocycles. The molecule has 3 aromatic heterocycles. The Morgan fingerprint density at radius 1 is 1.10 bits per heavy atom. The molecule has 0 saturated carbocycles. The predicted octanol–water partition coefficient (Wildman–Crippen LogP) is 5.57. The van der Waals surface area contributed by atoms with E-state index >= 15 is 0 Å². The topological polar surface area (TPSA) is 148 Å². The number of oxime groups is 1. The van der Waals surface area contributed by atoms with Crippen LogP contribution < -0.4 is 5.32 Å². The van der Waals surface area contributed by atoms with Gasteiger partial charge in [-0.3, -0.25) is 14.9 Å². The van der Waals surface area contributed by atoms with Crippen LogP contribution >= 0.6 is 15.9 Å². The van der Waals surface area contributed by atoms with Gasteiger partial charge in [-0.1, -0.05) is 5.16 Å². The van der Waals surface area contributed by atoms with E-state index in [9.17, 15) is 14.8 Å². The number of nitrogens with one attached hydrogen (secondary N) is 1. The number of rotatable bonds is 4. The summed E-state index contributed by atoms with van der Waals surface area (Å²) in [4.78, 5) is 32.8. The summed E-state index contributed by atoms with van der Waals surface area (Å²) in [5.74, 6) is 0.0916. The number of hydrogen-bond donors (Lipinski definition) is 2. The Hall–Kier alpha value is -3.68. The minimum Gasteiger partial charge on any atom is -0.444 e. The van der Waals surface area contributed by atoms with Crippen molar-refractivity contribution >= 4 is 45.3 Å². The molecule has 2 N–H and O–H groups in total. The molecular formula is C27H37BrN8O5. The Labute approximate surface area is 247 Å².